The number of hydrogen-bond donors (Lipinski definition) is 2. The van der Waals surface area contributed by atoms with Crippen LogP contribution in [0.25, 0.3) is 0 Å². The van der Waals surface area contributed by atoms with Gasteiger partial charge in [-0.15, -0.1) is 0 Å². The van der Waals surface area contributed by atoms with Gasteiger partial charge in [-0.05, 0) is 30.3 Å². The summed E-state index contributed by atoms with van der Waals surface area (Å²) < 4.78 is 0.743. The fraction of sp³-hybridized carbons (Fsp3) is 0. The molecule has 1 amide bonds. The Balaban J connectivity index is 2.23. The van der Waals surface area contributed by atoms with E-state index in [1.807, 2.05) is 0 Å². The first-order valence-corrected chi connectivity index (χ1v) is 7.21. The second-order valence-electron chi connectivity index (χ2n) is 4.06. The topological polar surface area (TPSA) is 55.1 Å². The largest absolute Gasteiger partial charge is 0.389 e. The third kappa shape index (κ3) is 3.79. The van der Waals surface area contributed by atoms with E-state index in [1.165, 1.54) is 0 Å². The zero-order chi connectivity index (χ0) is 14.7. The number of halogens is 2. The summed E-state index contributed by atoms with van der Waals surface area (Å²) in [7, 11) is 0. The third-order valence-corrected chi connectivity index (χ3v) is 3.44. The Bertz CT molecular complexity index is 670. The third-order valence-electron chi connectivity index (χ3n) is 2.53. The first kappa shape index (κ1) is 15.0. The Morgan fingerprint density at radius 1 is 1.20 bits per heavy atom. The molecule has 0 spiro atoms. The predicted molar refractivity (Wildman–Crippen MR) is 89.4 cm³/mol. The van der Waals surface area contributed by atoms with Gasteiger partial charge in [-0.2, -0.15) is 0 Å². The summed E-state index contributed by atoms with van der Waals surface area (Å²) in [5, 5.41) is 3.26. The van der Waals surface area contributed by atoms with Gasteiger partial charge in [0.2, 0.25) is 0 Å². The van der Waals surface area contributed by atoms with Crippen LogP contribution in [0.15, 0.2) is 46.9 Å². The second kappa shape index (κ2) is 6.35. The Hall–Kier alpha value is -1.43. The van der Waals surface area contributed by atoms with Crippen molar-refractivity contribution in [1.29, 1.82) is 0 Å². The lowest BCUT2D eigenvalue weighted by Gasteiger charge is -2.07. The SMILES string of the molecule is NC(=S)c1cccc(NC(=O)c2cc(Cl)cc(Br)c2)c1. The van der Waals surface area contributed by atoms with Crippen LogP contribution >= 0.6 is 39.7 Å². The molecule has 0 aliphatic carbocycles. The fourth-order valence-electron chi connectivity index (χ4n) is 1.64. The van der Waals surface area contributed by atoms with Gasteiger partial charge in [0.15, 0.2) is 0 Å². The minimum atomic E-state index is -0.256. The van der Waals surface area contributed by atoms with Crippen molar-refractivity contribution < 1.29 is 4.79 Å². The van der Waals surface area contributed by atoms with Crippen LogP contribution in [0.2, 0.25) is 5.02 Å². The second-order valence-corrected chi connectivity index (χ2v) is 5.85. The van der Waals surface area contributed by atoms with Crippen LogP contribution in [0.3, 0.4) is 0 Å². The van der Waals surface area contributed by atoms with E-state index < -0.39 is 0 Å². The van der Waals surface area contributed by atoms with Crippen molar-refractivity contribution >= 4 is 56.3 Å². The summed E-state index contributed by atoms with van der Waals surface area (Å²) >= 11 is 14.1. The van der Waals surface area contributed by atoms with E-state index in [1.54, 1.807) is 42.5 Å². The fourth-order valence-corrected chi connectivity index (χ4v) is 2.63. The molecule has 0 fully saturated rings. The molecule has 6 heteroatoms. The van der Waals surface area contributed by atoms with E-state index >= 15 is 0 Å². The standard InChI is InChI=1S/C14H10BrClN2OS/c15-10-4-9(5-11(16)7-10)14(19)18-12-3-1-2-8(6-12)13(17)20/h1-7H,(H2,17,20)(H,18,19). The van der Waals surface area contributed by atoms with E-state index in [4.69, 9.17) is 29.6 Å². The van der Waals surface area contributed by atoms with Crippen molar-refractivity contribution in [3.63, 3.8) is 0 Å². The molecule has 2 aromatic rings. The van der Waals surface area contributed by atoms with E-state index in [0.29, 0.717) is 21.8 Å². The molecule has 0 aliphatic rings. The first-order chi connectivity index (χ1) is 9.45. The maximum absolute atomic E-state index is 12.1. The molecule has 3 nitrogen and oxygen atoms in total. The normalized spacial score (nSPS) is 10.1. The van der Waals surface area contributed by atoms with Gasteiger partial charge in [0.1, 0.15) is 4.99 Å². The van der Waals surface area contributed by atoms with E-state index in [2.05, 4.69) is 21.2 Å². The van der Waals surface area contributed by atoms with Gasteiger partial charge < -0.3 is 11.1 Å². The van der Waals surface area contributed by atoms with Crippen LogP contribution in [0.4, 0.5) is 5.69 Å². The molecule has 2 aromatic carbocycles. The highest BCUT2D eigenvalue weighted by Gasteiger charge is 2.09. The lowest BCUT2D eigenvalue weighted by Crippen LogP contribution is -2.14. The van der Waals surface area contributed by atoms with Crippen molar-refractivity contribution in [1.82, 2.24) is 0 Å². The molecule has 0 aliphatic heterocycles. The number of anilines is 1. The van der Waals surface area contributed by atoms with Crippen LogP contribution in [0.5, 0.6) is 0 Å². The number of amides is 1. The number of carbonyl (C=O) groups excluding carboxylic acids is 1. The van der Waals surface area contributed by atoms with Crippen LogP contribution < -0.4 is 11.1 Å². The number of rotatable bonds is 3. The molecule has 102 valence electrons. The van der Waals surface area contributed by atoms with Crippen molar-refractivity contribution in [3.05, 3.63) is 63.1 Å². The van der Waals surface area contributed by atoms with Gasteiger partial charge in [0.05, 0.1) is 0 Å². The quantitative estimate of drug-likeness (QED) is 0.804. The lowest BCUT2D eigenvalue weighted by atomic mass is 10.1. The minimum absolute atomic E-state index is 0.256. The smallest absolute Gasteiger partial charge is 0.255 e. The monoisotopic (exact) mass is 368 g/mol. The molecule has 0 bridgehead atoms. The summed E-state index contributed by atoms with van der Waals surface area (Å²) in [5.41, 5.74) is 7.34. The van der Waals surface area contributed by atoms with Crippen LogP contribution in [-0.4, -0.2) is 10.9 Å². The highest BCUT2D eigenvalue weighted by molar-refractivity contribution is 9.10. The summed E-state index contributed by atoms with van der Waals surface area (Å²) in [5.74, 6) is -0.256. The molecular formula is C14H10BrClN2OS. The Labute approximate surface area is 135 Å². The van der Waals surface area contributed by atoms with Crippen LogP contribution in [0.1, 0.15) is 15.9 Å². The molecule has 0 heterocycles. The number of thiocarbonyl (C=S) groups is 1. The summed E-state index contributed by atoms with van der Waals surface area (Å²) in [6.45, 7) is 0. The average molecular weight is 370 g/mol. The first-order valence-electron chi connectivity index (χ1n) is 5.63. The highest BCUT2D eigenvalue weighted by atomic mass is 79.9. The maximum Gasteiger partial charge on any atom is 0.255 e. The summed E-state index contributed by atoms with van der Waals surface area (Å²) in [6, 6.07) is 12.1. The van der Waals surface area contributed by atoms with E-state index in [0.717, 1.165) is 4.47 Å². The molecule has 20 heavy (non-hydrogen) atoms. The van der Waals surface area contributed by atoms with Crippen molar-refractivity contribution in [2.75, 3.05) is 5.32 Å². The van der Waals surface area contributed by atoms with Crippen molar-refractivity contribution in [3.8, 4) is 0 Å². The molecule has 0 saturated heterocycles. The number of nitrogens with two attached hydrogens (primary N) is 1. The zero-order valence-corrected chi connectivity index (χ0v) is 13.3. The van der Waals surface area contributed by atoms with Gasteiger partial charge in [-0.25, -0.2) is 0 Å². The molecular weight excluding hydrogens is 360 g/mol. The maximum atomic E-state index is 12.1. The Kier molecular flexibility index (Phi) is 4.75. The van der Waals surface area contributed by atoms with Crippen molar-refractivity contribution in [2.24, 2.45) is 5.73 Å². The zero-order valence-electron chi connectivity index (χ0n) is 10.2. The van der Waals surface area contributed by atoms with Gasteiger partial charge in [0.25, 0.3) is 5.91 Å². The molecule has 0 radical (unpaired) electrons. The van der Waals surface area contributed by atoms with Gasteiger partial charge in [-0.1, -0.05) is 51.9 Å². The van der Waals surface area contributed by atoms with Crippen LogP contribution in [-0.2, 0) is 0 Å². The lowest BCUT2D eigenvalue weighted by molar-refractivity contribution is 0.102. The Morgan fingerprint density at radius 3 is 2.60 bits per heavy atom. The van der Waals surface area contributed by atoms with E-state index in [9.17, 15) is 4.79 Å². The molecule has 3 N–H and O–H groups in total. The summed E-state index contributed by atoms with van der Waals surface area (Å²) in [4.78, 5) is 12.4. The number of carbonyl (C=O) groups is 1. The average Bonchev–Trinajstić information content (AvgIpc) is 2.37. The van der Waals surface area contributed by atoms with Crippen molar-refractivity contribution in [2.45, 2.75) is 0 Å². The number of hydrogen-bond acceptors (Lipinski definition) is 2. The highest BCUT2D eigenvalue weighted by Crippen LogP contribution is 2.20. The van der Waals surface area contributed by atoms with Gasteiger partial charge >= 0.3 is 0 Å². The predicted octanol–water partition coefficient (Wildman–Crippen LogP) is 3.99. The summed E-state index contributed by atoms with van der Waals surface area (Å²) in [6.07, 6.45) is 0. The molecule has 0 atom stereocenters. The van der Waals surface area contributed by atoms with E-state index in [-0.39, 0.29) is 10.9 Å². The van der Waals surface area contributed by atoms with Gasteiger partial charge in [-0.3, -0.25) is 4.79 Å². The van der Waals surface area contributed by atoms with Crippen LogP contribution in [0, 0.1) is 0 Å². The number of benzene rings is 2. The Morgan fingerprint density at radius 2 is 1.95 bits per heavy atom. The molecule has 0 unspecified atom stereocenters. The minimum Gasteiger partial charge on any atom is -0.389 e. The number of nitrogens with one attached hydrogen (secondary N) is 1. The molecule has 0 saturated carbocycles. The molecule has 2 rings (SSSR count). The van der Waals surface area contributed by atoms with Gasteiger partial charge in [0, 0.05) is 26.3 Å². The molecule has 0 aromatic heterocycles.